The van der Waals surface area contributed by atoms with Crippen molar-refractivity contribution in [3.8, 4) is 22.9 Å². The van der Waals surface area contributed by atoms with Gasteiger partial charge in [0.1, 0.15) is 0 Å². The minimum Gasteiger partial charge on any atom is -0.384 e. The Morgan fingerprint density at radius 2 is 1.70 bits per heavy atom. The fraction of sp³-hybridized carbons (Fsp3) is 0.290. The van der Waals surface area contributed by atoms with Gasteiger partial charge >= 0.3 is 0 Å². The number of anilines is 1. The summed E-state index contributed by atoms with van der Waals surface area (Å²) in [5.41, 5.74) is 5.44. The zero-order valence-corrected chi connectivity index (χ0v) is 21.6. The highest BCUT2D eigenvalue weighted by Crippen LogP contribution is 2.30. The monoisotopic (exact) mass is 492 g/mol. The van der Waals surface area contributed by atoms with Crippen LogP contribution in [0.15, 0.2) is 77.7 Å². The van der Waals surface area contributed by atoms with Gasteiger partial charge in [0.2, 0.25) is 0 Å². The van der Waals surface area contributed by atoms with Crippen molar-refractivity contribution < 1.29 is 4.74 Å². The standard InChI is InChI=1S/C31H32N4O2/c1-21-18-35(27-13-11-26(12-14-27)33-15-16-34-19-22(2)37-23(3)20-34)31(36)29-6-4-5-28(30(21)29)25-9-7-24(17-32)8-10-25/h4-14,18,22-23,33H,15-16,19-20H2,1-3H3/t22-,23+. The molecule has 1 N–H and O–H groups in total. The molecule has 0 unspecified atom stereocenters. The minimum atomic E-state index is -0.0487. The Morgan fingerprint density at radius 3 is 2.38 bits per heavy atom. The van der Waals surface area contributed by atoms with Crippen molar-refractivity contribution in [3.05, 3.63) is 94.4 Å². The van der Waals surface area contributed by atoms with Crippen LogP contribution in [0.25, 0.3) is 27.6 Å². The highest BCUT2D eigenvalue weighted by atomic mass is 16.5. The number of benzene rings is 3. The Morgan fingerprint density at radius 1 is 1.00 bits per heavy atom. The van der Waals surface area contributed by atoms with E-state index < -0.39 is 0 Å². The van der Waals surface area contributed by atoms with Crippen molar-refractivity contribution in [1.29, 1.82) is 5.26 Å². The maximum atomic E-state index is 13.5. The molecular formula is C31H32N4O2. The zero-order chi connectivity index (χ0) is 25.9. The number of aryl methyl sites for hydroxylation is 1. The number of nitrogens with one attached hydrogen (secondary N) is 1. The van der Waals surface area contributed by atoms with Crippen molar-refractivity contribution in [2.75, 3.05) is 31.5 Å². The van der Waals surface area contributed by atoms with E-state index in [0.29, 0.717) is 10.9 Å². The average Bonchev–Trinajstić information content (AvgIpc) is 2.90. The van der Waals surface area contributed by atoms with Gasteiger partial charge in [-0.1, -0.05) is 24.3 Å². The largest absolute Gasteiger partial charge is 0.384 e. The quantitative estimate of drug-likeness (QED) is 0.392. The second-order valence-electron chi connectivity index (χ2n) is 9.90. The van der Waals surface area contributed by atoms with Crippen molar-refractivity contribution in [1.82, 2.24) is 9.47 Å². The van der Waals surface area contributed by atoms with Crippen LogP contribution in [0.3, 0.4) is 0 Å². The first-order valence-corrected chi connectivity index (χ1v) is 12.8. The van der Waals surface area contributed by atoms with E-state index in [9.17, 15) is 4.79 Å². The highest BCUT2D eigenvalue weighted by molar-refractivity contribution is 5.98. The molecule has 1 aliphatic heterocycles. The van der Waals surface area contributed by atoms with Crippen LogP contribution in [0, 0.1) is 18.3 Å². The molecule has 0 amide bonds. The summed E-state index contributed by atoms with van der Waals surface area (Å²) < 4.78 is 7.54. The van der Waals surface area contributed by atoms with E-state index in [1.54, 1.807) is 4.57 Å². The molecule has 3 aromatic carbocycles. The number of morpholine rings is 1. The van der Waals surface area contributed by atoms with Gasteiger partial charge in [-0.2, -0.15) is 5.26 Å². The van der Waals surface area contributed by atoms with E-state index in [1.807, 2.05) is 79.9 Å². The minimum absolute atomic E-state index is 0.0487. The molecule has 0 radical (unpaired) electrons. The molecule has 37 heavy (non-hydrogen) atoms. The van der Waals surface area contributed by atoms with E-state index in [0.717, 1.165) is 59.6 Å². The fourth-order valence-electron chi connectivity index (χ4n) is 5.32. The van der Waals surface area contributed by atoms with Gasteiger partial charge in [-0.3, -0.25) is 14.3 Å². The van der Waals surface area contributed by atoms with Gasteiger partial charge in [-0.15, -0.1) is 0 Å². The molecule has 6 heteroatoms. The Bertz CT molecular complexity index is 1490. The number of aromatic nitrogens is 1. The lowest BCUT2D eigenvalue weighted by atomic mass is 9.96. The lowest BCUT2D eigenvalue weighted by Gasteiger charge is -2.35. The SMILES string of the molecule is Cc1cn(-c2ccc(NCCN3C[C@@H](C)O[C@@H](C)C3)cc2)c(=O)c2cccc(-c3ccc(C#N)cc3)c12. The van der Waals surface area contributed by atoms with Crippen LogP contribution in [0.5, 0.6) is 0 Å². The van der Waals surface area contributed by atoms with Crippen LogP contribution in [0.4, 0.5) is 5.69 Å². The number of pyridine rings is 1. The van der Waals surface area contributed by atoms with Crippen LogP contribution in [0.2, 0.25) is 0 Å². The molecule has 6 nitrogen and oxygen atoms in total. The number of nitriles is 1. The van der Waals surface area contributed by atoms with Gasteiger partial charge in [0.05, 0.1) is 23.8 Å². The van der Waals surface area contributed by atoms with Gasteiger partial charge in [-0.05, 0) is 85.3 Å². The Labute approximate surface area is 217 Å². The van der Waals surface area contributed by atoms with Crippen LogP contribution >= 0.6 is 0 Å². The number of hydrogen-bond donors (Lipinski definition) is 1. The summed E-state index contributed by atoms with van der Waals surface area (Å²) in [5.74, 6) is 0. The van der Waals surface area contributed by atoms with E-state index in [1.165, 1.54) is 0 Å². The first kappa shape index (κ1) is 24.8. The second-order valence-corrected chi connectivity index (χ2v) is 9.90. The molecule has 1 aromatic heterocycles. The van der Waals surface area contributed by atoms with E-state index in [2.05, 4.69) is 30.1 Å². The highest BCUT2D eigenvalue weighted by Gasteiger charge is 2.21. The number of nitrogens with zero attached hydrogens (tertiary/aromatic N) is 3. The average molecular weight is 493 g/mol. The molecule has 2 atom stereocenters. The summed E-state index contributed by atoms with van der Waals surface area (Å²) >= 11 is 0. The number of ether oxygens (including phenoxy) is 1. The molecule has 4 aromatic rings. The fourth-order valence-corrected chi connectivity index (χ4v) is 5.32. The van der Waals surface area contributed by atoms with E-state index >= 15 is 0 Å². The Hall–Kier alpha value is -3.92. The summed E-state index contributed by atoms with van der Waals surface area (Å²) in [7, 11) is 0. The van der Waals surface area contributed by atoms with Crippen molar-refractivity contribution in [2.24, 2.45) is 0 Å². The van der Waals surface area contributed by atoms with Crippen LogP contribution < -0.4 is 10.9 Å². The lowest BCUT2D eigenvalue weighted by molar-refractivity contribution is -0.0667. The molecule has 188 valence electrons. The summed E-state index contributed by atoms with van der Waals surface area (Å²) in [6.07, 6.45) is 2.46. The Kier molecular flexibility index (Phi) is 7.09. The molecule has 0 bridgehead atoms. The topological polar surface area (TPSA) is 70.3 Å². The normalized spacial score (nSPS) is 18.0. The van der Waals surface area contributed by atoms with Crippen LogP contribution in [-0.2, 0) is 4.74 Å². The van der Waals surface area contributed by atoms with Gasteiger partial charge in [0, 0.05) is 49.1 Å². The predicted octanol–water partition coefficient (Wildman–Crippen LogP) is 5.36. The Balaban J connectivity index is 1.36. The van der Waals surface area contributed by atoms with Crippen molar-refractivity contribution >= 4 is 16.5 Å². The van der Waals surface area contributed by atoms with Gasteiger partial charge < -0.3 is 10.1 Å². The molecule has 0 aliphatic carbocycles. The maximum Gasteiger partial charge on any atom is 0.262 e. The van der Waals surface area contributed by atoms with E-state index in [-0.39, 0.29) is 17.8 Å². The number of hydrogen-bond acceptors (Lipinski definition) is 5. The third-order valence-electron chi connectivity index (χ3n) is 6.95. The van der Waals surface area contributed by atoms with Crippen molar-refractivity contribution in [2.45, 2.75) is 33.0 Å². The smallest absolute Gasteiger partial charge is 0.262 e. The number of fused-ring (bicyclic) bond motifs is 1. The lowest BCUT2D eigenvalue weighted by Crippen LogP contribution is -2.46. The van der Waals surface area contributed by atoms with Crippen LogP contribution in [-0.4, -0.2) is 47.9 Å². The van der Waals surface area contributed by atoms with Crippen molar-refractivity contribution in [3.63, 3.8) is 0 Å². The van der Waals surface area contributed by atoms with Gasteiger partial charge in [0.15, 0.2) is 0 Å². The summed E-state index contributed by atoms with van der Waals surface area (Å²) in [6, 6.07) is 23.5. The maximum absolute atomic E-state index is 13.5. The van der Waals surface area contributed by atoms with Gasteiger partial charge in [0.25, 0.3) is 5.56 Å². The summed E-state index contributed by atoms with van der Waals surface area (Å²) in [5, 5.41) is 14.2. The molecule has 1 aliphatic rings. The molecule has 0 saturated carbocycles. The predicted molar refractivity (Wildman–Crippen MR) is 149 cm³/mol. The first-order chi connectivity index (χ1) is 17.9. The van der Waals surface area contributed by atoms with Crippen LogP contribution in [0.1, 0.15) is 25.0 Å². The third-order valence-corrected chi connectivity index (χ3v) is 6.95. The third kappa shape index (κ3) is 5.29. The second kappa shape index (κ2) is 10.6. The molecular weight excluding hydrogens is 460 g/mol. The first-order valence-electron chi connectivity index (χ1n) is 12.8. The molecule has 5 rings (SSSR count). The van der Waals surface area contributed by atoms with Gasteiger partial charge in [-0.25, -0.2) is 0 Å². The number of rotatable bonds is 6. The summed E-state index contributed by atoms with van der Waals surface area (Å²) in [4.78, 5) is 16.0. The molecule has 0 spiro atoms. The molecule has 2 heterocycles. The summed E-state index contributed by atoms with van der Waals surface area (Å²) in [6.45, 7) is 10.0. The molecule has 1 fully saturated rings. The van der Waals surface area contributed by atoms with E-state index in [4.69, 9.17) is 10.00 Å². The zero-order valence-electron chi connectivity index (χ0n) is 21.6. The molecule has 1 saturated heterocycles.